The molecule has 2 bridgehead atoms. The van der Waals surface area contributed by atoms with Crippen LogP contribution in [0.2, 0.25) is 5.15 Å². The fourth-order valence-corrected chi connectivity index (χ4v) is 4.15. The Bertz CT molecular complexity index is 750. The van der Waals surface area contributed by atoms with E-state index in [4.69, 9.17) is 16.0 Å². The highest BCUT2D eigenvalue weighted by Gasteiger charge is 2.40. The number of fused-ring (bicyclic) bond motifs is 3. The van der Waals surface area contributed by atoms with Crippen molar-refractivity contribution in [3.63, 3.8) is 0 Å². The number of rotatable bonds is 3. The summed E-state index contributed by atoms with van der Waals surface area (Å²) in [7, 11) is 0. The van der Waals surface area contributed by atoms with E-state index in [0.717, 1.165) is 25.9 Å². The van der Waals surface area contributed by atoms with Crippen molar-refractivity contribution in [1.29, 1.82) is 0 Å². The minimum Gasteiger partial charge on any atom is -0.451 e. The van der Waals surface area contributed by atoms with Gasteiger partial charge >= 0.3 is 0 Å². The van der Waals surface area contributed by atoms with E-state index < -0.39 is 0 Å². The van der Waals surface area contributed by atoms with Gasteiger partial charge in [0, 0.05) is 18.3 Å². The van der Waals surface area contributed by atoms with Crippen LogP contribution in [-0.4, -0.2) is 41.0 Å². The van der Waals surface area contributed by atoms with Gasteiger partial charge in [0.25, 0.3) is 5.91 Å². The Kier molecular flexibility index (Phi) is 4.06. The Morgan fingerprint density at radius 3 is 2.83 bits per heavy atom. The van der Waals surface area contributed by atoms with Gasteiger partial charge in [-0.05, 0) is 63.0 Å². The molecule has 5 nitrogen and oxygen atoms in total. The van der Waals surface area contributed by atoms with Gasteiger partial charge in [-0.1, -0.05) is 11.6 Å². The minimum atomic E-state index is -0.160. The third kappa shape index (κ3) is 2.72. The normalized spacial score (nSPS) is 28.8. The van der Waals surface area contributed by atoms with Crippen LogP contribution < -0.4 is 5.32 Å². The van der Waals surface area contributed by atoms with Gasteiger partial charge in [0.05, 0.1) is 5.56 Å². The minimum absolute atomic E-state index is 0.160. The number of amides is 1. The van der Waals surface area contributed by atoms with E-state index in [1.54, 1.807) is 24.4 Å². The second kappa shape index (κ2) is 6.22. The van der Waals surface area contributed by atoms with Crippen LogP contribution in [0.25, 0.3) is 11.3 Å². The Labute approximate surface area is 146 Å². The first kappa shape index (κ1) is 15.7. The molecule has 2 atom stereocenters. The molecule has 126 valence electrons. The molecule has 6 heteroatoms. The fourth-order valence-electron chi connectivity index (χ4n) is 3.94. The molecule has 0 spiro atoms. The molecule has 2 aromatic heterocycles. The zero-order valence-corrected chi connectivity index (χ0v) is 14.3. The first-order valence-corrected chi connectivity index (χ1v) is 8.77. The van der Waals surface area contributed by atoms with Crippen molar-refractivity contribution in [3.05, 3.63) is 41.4 Å². The average molecular weight is 346 g/mol. The van der Waals surface area contributed by atoms with E-state index in [0.29, 0.717) is 34.2 Å². The number of nitrogens with one attached hydrogen (secondary N) is 1. The number of carbonyl (C=O) groups excluding carboxylic acids is 1. The molecule has 1 amide bonds. The maximum Gasteiger partial charge on any atom is 0.287 e. The first-order valence-electron chi connectivity index (χ1n) is 8.39. The summed E-state index contributed by atoms with van der Waals surface area (Å²) in [5, 5.41) is 3.54. The molecular weight excluding hydrogens is 326 g/mol. The van der Waals surface area contributed by atoms with E-state index >= 15 is 0 Å². The topological polar surface area (TPSA) is 58.4 Å². The lowest BCUT2D eigenvalue weighted by Crippen LogP contribution is -2.62. The maximum atomic E-state index is 12.6. The van der Waals surface area contributed by atoms with E-state index in [9.17, 15) is 4.79 Å². The van der Waals surface area contributed by atoms with E-state index in [-0.39, 0.29) is 11.9 Å². The molecule has 0 radical (unpaired) electrons. The molecule has 0 saturated carbocycles. The quantitative estimate of drug-likeness (QED) is 0.868. The van der Waals surface area contributed by atoms with Crippen LogP contribution in [0.15, 0.2) is 34.9 Å². The van der Waals surface area contributed by atoms with Gasteiger partial charge in [-0.15, -0.1) is 0 Å². The van der Waals surface area contributed by atoms with Gasteiger partial charge in [-0.2, -0.15) is 0 Å². The van der Waals surface area contributed by atoms with Gasteiger partial charge in [0.15, 0.2) is 5.76 Å². The van der Waals surface area contributed by atoms with Crippen LogP contribution in [0.1, 0.15) is 30.3 Å². The number of halogens is 1. The molecular formula is C18H20ClN3O2. The molecule has 0 aromatic carbocycles. The van der Waals surface area contributed by atoms with Crippen LogP contribution in [0, 0.1) is 5.92 Å². The number of nitrogens with zero attached hydrogens (tertiary/aromatic N) is 2. The molecule has 3 saturated heterocycles. The summed E-state index contributed by atoms with van der Waals surface area (Å²) in [5.41, 5.74) is 0.689. The SMILES string of the molecule is CC1C(NC(=O)c2ccc(-c3cccnc3Cl)o2)C2CCN1CC2. The number of carbonyl (C=O) groups is 1. The molecule has 5 rings (SSSR count). The molecule has 3 aliphatic rings. The third-order valence-corrected chi connectivity index (χ3v) is 5.63. The molecule has 3 aliphatic heterocycles. The second-order valence-electron chi connectivity index (χ2n) is 6.62. The van der Waals surface area contributed by atoms with Crippen molar-refractivity contribution >= 4 is 17.5 Å². The Morgan fingerprint density at radius 1 is 1.33 bits per heavy atom. The molecule has 2 aromatic rings. The molecule has 0 aliphatic carbocycles. The predicted octanol–water partition coefficient (Wildman–Crippen LogP) is 3.21. The van der Waals surface area contributed by atoms with Gasteiger partial charge in [-0.3, -0.25) is 9.69 Å². The lowest BCUT2D eigenvalue weighted by atomic mass is 9.79. The first-order chi connectivity index (χ1) is 11.6. The van der Waals surface area contributed by atoms with Crippen LogP contribution in [-0.2, 0) is 0 Å². The summed E-state index contributed by atoms with van der Waals surface area (Å²) in [6.45, 7) is 4.48. The summed E-state index contributed by atoms with van der Waals surface area (Å²) in [5.74, 6) is 1.27. The van der Waals surface area contributed by atoms with Crippen LogP contribution in [0.5, 0.6) is 0 Å². The van der Waals surface area contributed by atoms with Crippen molar-refractivity contribution in [1.82, 2.24) is 15.2 Å². The highest BCUT2D eigenvalue weighted by molar-refractivity contribution is 6.31. The molecule has 2 unspecified atom stereocenters. The summed E-state index contributed by atoms with van der Waals surface area (Å²) < 4.78 is 5.72. The maximum absolute atomic E-state index is 12.6. The van der Waals surface area contributed by atoms with Crippen molar-refractivity contribution in [2.75, 3.05) is 13.1 Å². The monoisotopic (exact) mass is 345 g/mol. The Balaban J connectivity index is 1.51. The summed E-state index contributed by atoms with van der Waals surface area (Å²) >= 11 is 6.09. The number of piperidine rings is 3. The lowest BCUT2D eigenvalue weighted by molar-refractivity contribution is 0.0211. The van der Waals surface area contributed by atoms with Crippen LogP contribution in [0.3, 0.4) is 0 Å². The molecule has 3 fully saturated rings. The fraction of sp³-hybridized carbons (Fsp3) is 0.444. The van der Waals surface area contributed by atoms with Crippen molar-refractivity contribution in [3.8, 4) is 11.3 Å². The van der Waals surface area contributed by atoms with Crippen LogP contribution in [0.4, 0.5) is 0 Å². The number of pyridine rings is 1. The van der Waals surface area contributed by atoms with E-state index in [1.807, 2.05) is 6.07 Å². The summed E-state index contributed by atoms with van der Waals surface area (Å²) in [4.78, 5) is 19.1. The van der Waals surface area contributed by atoms with Crippen LogP contribution >= 0.6 is 11.6 Å². The standard InChI is InChI=1S/C18H20ClN3O2/c1-11-16(12-6-9-22(11)10-7-12)21-18(23)15-5-4-14(24-15)13-3-2-8-20-17(13)19/h2-5,8,11-12,16H,6-7,9-10H2,1H3,(H,21,23). The molecule has 1 N–H and O–H groups in total. The number of furan rings is 1. The van der Waals surface area contributed by atoms with Crippen molar-refractivity contribution in [2.24, 2.45) is 5.92 Å². The zero-order valence-electron chi connectivity index (χ0n) is 13.5. The zero-order chi connectivity index (χ0) is 16.7. The molecule has 5 heterocycles. The highest BCUT2D eigenvalue weighted by atomic mass is 35.5. The highest BCUT2D eigenvalue weighted by Crippen LogP contribution is 2.32. The van der Waals surface area contributed by atoms with E-state index in [2.05, 4.69) is 22.1 Å². The third-order valence-electron chi connectivity index (χ3n) is 5.33. The van der Waals surface area contributed by atoms with Crippen molar-refractivity contribution < 1.29 is 9.21 Å². The second-order valence-corrected chi connectivity index (χ2v) is 6.98. The number of aromatic nitrogens is 1. The smallest absolute Gasteiger partial charge is 0.287 e. The molecule has 24 heavy (non-hydrogen) atoms. The number of hydrogen-bond acceptors (Lipinski definition) is 4. The predicted molar refractivity (Wildman–Crippen MR) is 92.0 cm³/mol. The largest absolute Gasteiger partial charge is 0.451 e. The average Bonchev–Trinajstić information content (AvgIpc) is 3.09. The van der Waals surface area contributed by atoms with Gasteiger partial charge in [-0.25, -0.2) is 4.98 Å². The summed E-state index contributed by atoms with van der Waals surface area (Å²) in [6, 6.07) is 7.64. The Morgan fingerprint density at radius 2 is 2.12 bits per heavy atom. The van der Waals surface area contributed by atoms with E-state index in [1.165, 1.54) is 0 Å². The van der Waals surface area contributed by atoms with Gasteiger partial charge in [0.2, 0.25) is 0 Å². The van der Waals surface area contributed by atoms with Crippen molar-refractivity contribution in [2.45, 2.75) is 31.8 Å². The van der Waals surface area contributed by atoms with Gasteiger partial charge < -0.3 is 9.73 Å². The lowest BCUT2D eigenvalue weighted by Gasteiger charge is -2.49. The van der Waals surface area contributed by atoms with Gasteiger partial charge in [0.1, 0.15) is 10.9 Å². The number of hydrogen-bond donors (Lipinski definition) is 1. The Hall–Kier alpha value is -1.85. The summed E-state index contributed by atoms with van der Waals surface area (Å²) in [6.07, 6.45) is 3.94.